The monoisotopic (exact) mass is 714 g/mol. The number of benzene rings is 1. The first-order valence-corrected chi connectivity index (χ1v) is 10.8. The van der Waals surface area contributed by atoms with Crippen LogP contribution in [0.5, 0.6) is 0 Å². The second kappa shape index (κ2) is 10.7. The van der Waals surface area contributed by atoms with Gasteiger partial charge in [-0.25, -0.2) is 4.79 Å². The average Bonchev–Trinajstić information content (AvgIpc) is 2.57. The van der Waals surface area contributed by atoms with E-state index in [9.17, 15) is 24.3 Å². The first-order chi connectivity index (χ1) is 12.5. The summed E-state index contributed by atoms with van der Waals surface area (Å²) in [6.07, 6.45) is 0.499. The lowest BCUT2D eigenvalue weighted by Gasteiger charge is -2.23. The van der Waals surface area contributed by atoms with Gasteiger partial charge in [0.05, 0.1) is 34.8 Å². The highest BCUT2D eigenvalue weighted by atomic mass is 127. The Morgan fingerprint density at radius 2 is 1.67 bits per heavy atom. The molecule has 0 unspecified atom stereocenters. The van der Waals surface area contributed by atoms with Crippen LogP contribution in [0.15, 0.2) is 0 Å². The molecule has 148 valence electrons. The predicted octanol–water partition coefficient (Wildman–Crippen LogP) is 3.46. The molecule has 0 aliphatic carbocycles. The molecule has 0 aromatic heterocycles. The molecule has 1 aromatic carbocycles. The number of hydrogen-bond acceptors (Lipinski definition) is 5. The maximum atomic E-state index is 12.3. The van der Waals surface area contributed by atoms with Crippen LogP contribution >= 0.6 is 67.8 Å². The van der Waals surface area contributed by atoms with Gasteiger partial charge in [0, 0.05) is 26.8 Å². The molecule has 0 bridgehead atoms. The minimum absolute atomic E-state index is 0.0181. The van der Waals surface area contributed by atoms with Crippen molar-refractivity contribution < 1.29 is 29.0 Å². The number of anilines is 2. The van der Waals surface area contributed by atoms with E-state index in [1.54, 1.807) is 7.05 Å². The van der Waals surface area contributed by atoms with Crippen molar-refractivity contribution in [1.82, 2.24) is 0 Å². The topological polar surface area (TPSA) is 113 Å². The summed E-state index contributed by atoms with van der Waals surface area (Å²) >= 11 is 5.75. The minimum atomic E-state index is -1.15. The third-order valence-electron chi connectivity index (χ3n) is 3.59. The van der Waals surface area contributed by atoms with E-state index >= 15 is 0 Å². The zero-order valence-electron chi connectivity index (χ0n) is 14.7. The SMILES string of the molecule is COC(=O)CCCC(=O)Nc1c(I)c(C(=O)O)c(I)c(N(C)C(C)=O)c1I. The summed E-state index contributed by atoms with van der Waals surface area (Å²) in [5.74, 6) is -2.18. The number of methoxy groups -OCH3 is 1. The Morgan fingerprint density at radius 1 is 1.07 bits per heavy atom. The average molecular weight is 714 g/mol. The Morgan fingerprint density at radius 3 is 2.15 bits per heavy atom. The van der Waals surface area contributed by atoms with Crippen molar-refractivity contribution in [2.24, 2.45) is 0 Å². The van der Waals surface area contributed by atoms with E-state index in [0.717, 1.165) is 0 Å². The molecule has 0 atom stereocenters. The van der Waals surface area contributed by atoms with Crippen LogP contribution in [-0.4, -0.2) is 43.0 Å². The van der Waals surface area contributed by atoms with Crippen molar-refractivity contribution >= 4 is 103 Å². The van der Waals surface area contributed by atoms with Crippen molar-refractivity contribution in [3.05, 3.63) is 16.3 Å². The second-order valence-corrected chi connectivity index (χ2v) is 8.64. The lowest BCUT2D eigenvalue weighted by Crippen LogP contribution is -2.27. The Kier molecular flexibility index (Phi) is 9.67. The van der Waals surface area contributed by atoms with Crippen LogP contribution in [0.3, 0.4) is 0 Å². The van der Waals surface area contributed by atoms with Gasteiger partial charge in [0.15, 0.2) is 0 Å². The molecule has 0 aliphatic rings. The number of carboxylic acids is 1. The highest BCUT2D eigenvalue weighted by Gasteiger charge is 2.27. The fourth-order valence-corrected chi connectivity index (χ4v) is 6.72. The summed E-state index contributed by atoms with van der Waals surface area (Å²) in [6.45, 7) is 1.37. The Labute approximate surface area is 197 Å². The van der Waals surface area contributed by atoms with Crippen LogP contribution in [0.4, 0.5) is 11.4 Å². The standard InChI is InChI=1S/C16H17I3N2O6/c1-7(22)21(2)15-12(18)10(16(25)26)11(17)14(13(15)19)20-8(23)5-4-6-9(24)27-3/h4-6H2,1-3H3,(H,20,23)(H,25,26). The third kappa shape index (κ3) is 6.13. The Balaban J connectivity index is 3.29. The Hall–Kier alpha value is -0.710. The number of carbonyl (C=O) groups excluding carboxylic acids is 3. The van der Waals surface area contributed by atoms with Gasteiger partial charge < -0.3 is 20.1 Å². The first kappa shape index (κ1) is 24.3. The lowest BCUT2D eigenvalue weighted by atomic mass is 10.1. The van der Waals surface area contributed by atoms with E-state index < -0.39 is 11.9 Å². The van der Waals surface area contributed by atoms with Gasteiger partial charge in [0.1, 0.15) is 0 Å². The fourth-order valence-electron chi connectivity index (χ4n) is 2.10. The van der Waals surface area contributed by atoms with Gasteiger partial charge in [-0.15, -0.1) is 0 Å². The van der Waals surface area contributed by atoms with Gasteiger partial charge in [-0.3, -0.25) is 14.4 Å². The largest absolute Gasteiger partial charge is 0.478 e. The quantitative estimate of drug-likeness (QED) is 0.331. The van der Waals surface area contributed by atoms with Gasteiger partial charge in [0.25, 0.3) is 0 Å². The second-order valence-electron chi connectivity index (χ2n) is 5.40. The molecule has 11 heteroatoms. The Bertz CT molecular complexity index is 797. The number of nitrogens with one attached hydrogen (secondary N) is 1. The molecule has 0 heterocycles. The molecular formula is C16H17I3N2O6. The van der Waals surface area contributed by atoms with Gasteiger partial charge in [-0.05, 0) is 74.2 Å². The van der Waals surface area contributed by atoms with Crippen molar-refractivity contribution in [2.45, 2.75) is 26.2 Å². The van der Waals surface area contributed by atoms with Crippen molar-refractivity contribution in [3.8, 4) is 0 Å². The van der Waals surface area contributed by atoms with E-state index in [1.165, 1.54) is 18.9 Å². The number of rotatable bonds is 7. The number of amides is 2. The number of nitrogens with zero attached hydrogens (tertiary/aromatic N) is 1. The maximum absolute atomic E-state index is 12.3. The van der Waals surface area contributed by atoms with Crippen LogP contribution in [0, 0.1) is 10.7 Å². The van der Waals surface area contributed by atoms with Crippen LogP contribution in [0.2, 0.25) is 0 Å². The third-order valence-corrected chi connectivity index (χ3v) is 6.77. The minimum Gasteiger partial charge on any atom is -0.478 e. The maximum Gasteiger partial charge on any atom is 0.338 e. The molecule has 0 spiro atoms. The van der Waals surface area contributed by atoms with Crippen molar-refractivity contribution in [3.63, 3.8) is 0 Å². The molecule has 0 fully saturated rings. The summed E-state index contributed by atoms with van der Waals surface area (Å²) in [6, 6.07) is 0. The number of hydrogen-bond donors (Lipinski definition) is 2. The van der Waals surface area contributed by atoms with E-state index in [4.69, 9.17) is 0 Å². The molecule has 2 N–H and O–H groups in total. The number of aromatic carboxylic acids is 1. The number of esters is 1. The molecule has 0 saturated heterocycles. The number of ether oxygens (including phenoxy) is 1. The predicted molar refractivity (Wildman–Crippen MR) is 125 cm³/mol. The zero-order valence-corrected chi connectivity index (χ0v) is 21.2. The highest BCUT2D eigenvalue weighted by Crippen LogP contribution is 2.40. The highest BCUT2D eigenvalue weighted by molar-refractivity contribution is 14.1. The normalized spacial score (nSPS) is 10.3. The molecule has 1 rings (SSSR count). The molecule has 8 nitrogen and oxygen atoms in total. The van der Waals surface area contributed by atoms with Crippen LogP contribution < -0.4 is 10.2 Å². The molecule has 0 aliphatic heterocycles. The summed E-state index contributed by atoms with van der Waals surface area (Å²) in [5.41, 5.74) is 0.774. The van der Waals surface area contributed by atoms with Crippen LogP contribution in [0.1, 0.15) is 36.5 Å². The summed E-state index contributed by atoms with van der Waals surface area (Å²) < 4.78 is 5.88. The van der Waals surface area contributed by atoms with E-state index in [0.29, 0.717) is 28.5 Å². The molecular weight excluding hydrogens is 697 g/mol. The molecule has 27 heavy (non-hydrogen) atoms. The van der Waals surface area contributed by atoms with E-state index in [2.05, 4.69) is 10.1 Å². The molecule has 1 aromatic rings. The van der Waals surface area contributed by atoms with Gasteiger partial charge in [-0.1, -0.05) is 0 Å². The molecule has 2 amide bonds. The number of carboxylic acid groups (broad SMARTS) is 1. The van der Waals surface area contributed by atoms with Crippen LogP contribution in [-0.2, 0) is 19.1 Å². The van der Waals surface area contributed by atoms with E-state index in [1.807, 2.05) is 67.8 Å². The fraction of sp³-hybridized carbons (Fsp3) is 0.375. The van der Waals surface area contributed by atoms with Gasteiger partial charge in [0.2, 0.25) is 11.8 Å². The number of carbonyl (C=O) groups is 4. The van der Waals surface area contributed by atoms with Crippen molar-refractivity contribution in [1.29, 1.82) is 0 Å². The molecule has 0 radical (unpaired) electrons. The first-order valence-electron chi connectivity index (χ1n) is 7.57. The lowest BCUT2D eigenvalue weighted by molar-refractivity contribution is -0.140. The zero-order chi connectivity index (χ0) is 20.9. The van der Waals surface area contributed by atoms with E-state index in [-0.39, 0.29) is 30.2 Å². The van der Waals surface area contributed by atoms with Crippen LogP contribution in [0.25, 0.3) is 0 Å². The summed E-state index contributed by atoms with van der Waals surface area (Å²) in [4.78, 5) is 48.3. The summed E-state index contributed by atoms with van der Waals surface area (Å²) in [5, 5.41) is 12.3. The molecule has 0 saturated carbocycles. The summed E-state index contributed by atoms with van der Waals surface area (Å²) in [7, 11) is 2.82. The van der Waals surface area contributed by atoms with Gasteiger partial charge in [-0.2, -0.15) is 0 Å². The van der Waals surface area contributed by atoms with Crippen molar-refractivity contribution in [2.75, 3.05) is 24.4 Å². The smallest absolute Gasteiger partial charge is 0.338 e. The van der Waals surface area contributed by atoms with Gasteiger partial charge >= 0.3 is 11.9 Å². The number of halogens is 3.